The quantitative estimate of drug-likeness (QED) is 0.478. The summed E-state index contributed by atoms with van der Waals surface area (Å²) in [6, 6.07) is 16.6. The van der Waals surface area contributed by atoms with Gasteiger partial charge < -0.3 is 14.1 Å². The molecule has 1 spiro atoms. The van der Waals surface area contributed by atoms with Gasteiger partial charge in [0.25, 0.3) is 5.91 Å². The van der Waals surface area contributed by atoms with Crippen LogP contribution in [0.2, 0.25) is 0 Å². The summed E-state index contributed by atoms with van der Waals surface area (Å²) in [5, 5.41) is 1.25. The summed E-state index contributed by atoms with van der Waals surface area (Å²) in [6.45, 7) is 6.17. The van der Waals surface area contributed by atoms with Gasteiger partial charge >= 0.3 is 0 Å². The molecule has 2 aromatic carbocycles. The SMILES string of the molecule is CCc1oc2ccccc2c1CN1CCC2(CCCCc3ccccc3OCC(=O)N(C)C2)CC1. The van der Waals surface area contributed by atoms with Gasteiger partial charge in [0.2, 0.25) is 0 Å². The van der Waals surface area contributed by atoms with Crippen molar-refractivity contribution in [3.05, 3.63) is 65.4 Å². The Morgan fingerprint density at radius 1 is 0.971 bits per heavy atom. The fourth-order valence-corrected chi connectivity index (χ4v) is 6.01. The Balaban J connectivity index is 1.28. The van der Waals surface area contributed by atoms with E-state index < -0.39 is 0 Å². The number of para-hydroxylation sites is 2. The highest BCUT2D eigenvalue weighted by Crippen LogP contribution is 2.39. The lowest BCUT2D eigenvalue weighted by atomic mass is 9.73. The summed E-state index contributed by atoms with van der Waals surface area (Å²) < 4.78 is 12.1. The summed E-state index contributed by atoms with van der Waals surface area (Å²) in [7, 11) is 1.95. The van der Waals surface area contributed by atoms with Crippen molar-refractivity contribution in [2.75, 3.05) is 33.3 Å². The monoisotopic (exact) mass is 474 g/mol. The predicted octanol–water partition coefficient (Wildman–Crippen LogP) is 5.84. The molecule has 0 N–H and O–H groups in total. The summed E-state index contributed by atoms with van der Waals surface area (Å²) in [4.78, 5) is 17.4. The normalized spacial score (nSPS) is 19.7. The first-order chi connectivity index (χ1) is 17.1. The second kappa shape index (κ2) is 10.4. The van der Waals surface area contributed by atoms with Crippen molar-refractivity contribution in [3.8, 4) is 5.75 Å². The Morgan fingerprint density at radius 3 is 2.57 bits per heavy atom. The molecule has 0 unspecified atom stereocenters. The zero-order chi connectivity index (χ0) is 24.3. The minimum Gasteiger partial charge on any atom is -0.483 e. The van der Waals surface area contributed by atoms with Crippen molar-refractivity contribution < 1.29 is 13.9 Å². The average Bonchev–Trinajstić information content (AvgIpc) is 3.24. The molecular weight excluding hydrogens is 436 g/mol. The summed E-state index contributed by atoms with van der Waals surface area (Å²) >= 11 is 0. The van der Waals surface area contributed by atoms with Crippen LogP contribution in [-0.2, 0) is 24.2 Å². The predicted molar refractivity (Wildman–Crippen MR) is 140 cm³/mol. The Labute approximate surface area is 209 Å². The number of furan rings is 1. The maximum Gasteiger partial charge on any atom is 0.260 e. The number of hydrogen-bond acceptors (Lipinski definition) is 4. The third kappa shape index (κ3) is 5.25. The molecule has 2 aliphatic heterocycles. The van der Waals surface area contributed by atoms with Gasteiger partial charge in [-0.25, -0.2) is 0 Å². The van der Waals surface area contributed by atoms with Gasteiger partial charge in [-0.1, -0.05) is 49.7 Å². The first kappa shape index (κ1) is 23.9. The molecule has 0 saturated carbocycles. The van der Waals surface area contributed by atoms with E-state index in [2.05, 4.69) is 42.2 Å². The summed E-state index contributed by atoms with van der Waals surface area (Å²) in [6.07, 6.45) is 7.69. The van der Waals surface area contributed by atoms with Crippen LogP contribution in [0.3, 0.4) is 0 Å². The number of rotatable bonds is 3. The van der Waals surface area contributed by atoms with Gasteiger partial charge in [-0.3, -0.25) is 9.69 Å². The number of likely N-dealkylation sites (N-methyl/N-ethyl adjacent to an activating group) is 1. The number of likely N-dealkylation sites (tertiary alicyclic amines) is 1. The Hall–Kier alpha value is -2.79. The van der Waals surface area contributed by atoms with Gasteiger partial charge in [-0.15, -0.1) is 0 Å². The molecule has 35 heavy (non-hydrogen) atoms. The van der Waals surface area contributed by atoms with Crippen molar-refractivity contribution in [2.45, 2.75) is 58.4 Å². The molecule has 0 aliphatic carbocycles. The minimum atomic E-state index is 0.0691. The lowest BCUT2D eigenvalue weighted by Crippen LogP contribution is -2.47. The van der Waals surface area contributed by atoms with Crippen LogP contribution in [-0.4, -0.2) is 49.0 Å². The van der Waals surface area contributed by atoms with E-state index in [-0.39, 0.29) is 17.9 Å². The average molecular weight is 475 g/mol. The Kier molecular flexibility index (Phi) is 7.14. The van der Waals surface area contributed by atoms with E-state index in [0.717, 1.165) is 75.4 Å². The standard InChI is InChI=1S/C30H38N2O3/c1-3-26-25(24-12-5-7-14-28(24)35-26)20-32-18-16-30(17-19-32)15-9-8-11-23-10-4-6-13-27(23)34-21-29(33)31(2)22-30/h4-7,10,12-14H,3,8-9,11,15-22H2,1-2H3. The molecule has 5 nitrogen and oxygen atoms in total. The zero-order valence-corrected chi connectivity index (χ0v) is 21.2. The molecule has 0 radical (unpaired) electrons. The highest BCUT2D eigenvalue weighted by atomic mass is 16.5. The summed E-state index contributed by atoms with van der Waals surface area (Å²) in [5.74, 6) is 2.04. The van der Waals surface area contributed by atoms with E-state index >= 15 is 0 Å². The van der Waals surface area contributed by atoms with E-state index in [9.17, 15) is 4.79 Å². The number of carbonyl (C=O) groups excluding carboxylic acids is 1. The van der Waals surface area contributed by atoms with E-state index in [1.54, 1.807) is 0 Å². The first-order valence-electron chi connectivity index (χ1n) is 13.2. The molecule has 1 saturated heterocycles. The minimum absolute atomic E-state index is 0.0691. The number of amides is 1. The number of hydrogen-bond donors (Lipinski definition) is 0. The van der Waals surface area contributed by atoms with Crippen LogP contribution in [0, 0.1) is 5.41 Å². The Morgan fingerprint density at radius 2 is 1.74 bits per heavy atom. The molecule has 1 amide bonds. The molecule has 5 heteroatoms. The lowest BCUT2D eigenvalue weighted by molar-refractivity contribution is -0.134. The van der Waals surface area contributed by atoms with Crippen LogP contribution >= 0.6 is 0 Å². The number of carbonyl (C=O) groups is 1. The molecular formula is C30H38N2O3. The first-order valence-corrected chi connectivity index (χ1v) is 13.2. The van der Waals surface area contributed by atoms with Crippen LogP contribution in [0.5, 0.6) is 5.75 Å². The smallest absolute Gasteiger partial charge is 0.260 e. The fourth-order valence-electron chi connectivity index (χ4n) is 6.01. The van der Waals surface area contributed by atoms with Gasteiger partial charge in [-0.05, 0) is 68.3 Å². The van der Waals surface area contributed by atoms with E-state index in [1.807, 2.05) is 30.1 Å². The van der Waals surface area contributed by atoms with Crippen LogP contribution in [0.4, 0.5) is 0 Å². The summed E-state index contributed by atoms with van der Waals surface area (Å²) in [5.41, 5.74) is 3.74. The molecule has 3 heterocycles. The van der Waals surface area contributed by atoms with Crippen LogP contribution < -0.4 is 4.74 Å². The second-order valence-electron chi connectivity index (χ2n) is 10.5. The zero-order valence-electron chi connectivity index (χ0n) is 21.2. The maximum atomic E-state index is 12.9. The van der Waals surface area contributed by atoms with Crippen LogP contribution in [0.1, 0.15) is 55.9 Å². The van der Waals surface area contributed by atoms with Crippen molar-refractivity contribution in [1.29, 1.82) is 0 Å². The lowest BCUT2D eigenvalue weighted by Gasteiger charge is -2.44. The fraction of sp³-hybridized carbons (Fsp3) is 0.500. The molecule has 2 aliphatic rings. The highest BCUT2D eigenvalue weighted by molar-refractivity contribution is 5.82. The molecule has 0 bridgehead atoms. The maximum absolute atomic E-state index is 12.9. The van der Waals surface area contributed by atoms with Gasteiger partial charge in [0, 0.05) is 37.5 Å². The van der Waals surface area contributed by atoms with E-state index in [0.29, 0.717) is 0 Å². The van der Waals surface area contributed by atoms with Crippen molar-refractivity contribution in [2.24, 2.45) is 5.41 Å². The third-order valence-electron chi connectivity index (χ3n) is 8.13. The molecule has 0 atom stereocenters. The molecule has 5 rings (SSSR count). The van der Waals surface area contributed by atoms with Gasteiger partial charge in [0.15, 0.2) is 6.61 Å². The molecule has 1 aromatic heterocycles. The topological polar surface area (TPSA) is 45.9 Å². The number of nitrogens with zero attached hydrogens (tertiary/aromatic N) is 2. The number of piperidine rings is 1. The molecule has 186 valence electrons. The Bertz CT molecular complexity index is 1160. The van der Waals surface area contributed by atoms with E-state index in [1.165, 1.54) is 29.4 Å². The number of fused-ring (bicyclic) bond motifs is 2. The van der Waals surface area contributed by atoms with Gasteiger partial charge in [-0.2, -0.15) is 0 Å². The van der Waals surface area contributed by atoms with Crippen molar-refractivity contribution in [1.82, 2.24) is 9.80 Å². The van der Waals surface area contributed by atoms with Gasteiger partial charge in [0.1, 0.15) is 17.1 Å². The van der Waals surface area contributed by atoms with E-state index in [4.69, 9.17) is 9.15 Å². The highest BCUT2D eigenvalue weighted by Gasteiger charge is 2.36. The second-order valence-corrected chi connectivity index (χ2v) is 10.5. The van der Waals surface area contributed by atoms with Crippen LogP contribution in [0.15, 0.2) is 52.9 Å². The third-order valence-corrected chi connectivity index (χ3v) is 8.13. The van der Waals surface area contributed by atoms with Crippen molar-refractivity contribution in [3.63, 3.8) is 0 Å². The number of benzene rings is 2. The number of ether oxygens (including phenoxy) is 1. The molecule has 3 aromatic rings. The van der Waals surface area contributed by atoms with Crippen LogP contribution in [0.25, 0.3) is 11.0 Å². The van der Waals surface area contributed by atoms with Gasteiger partial charge in [0.05, 0.1) is 0 Å². The van der Waals surface area contributed by atoms with Crippen molar-refractivity contribution >= 4 is 16.9 Å². The largest absolute Gasteiger partial charge is 0.483 e. The number of aryl methyl sites for hydroxylation is 2. The molecule has 1 fully saturated rings.